The number of aryl methyl sites for hydroxylation is 1. The summed E-state index contributed by atoms with van der Waals surface area (Å²) < 4.78 is 0. The van der Waals surface area contributed by atoms with Crippen LogP contribution in [0.5, 0.6) is 0 Å². The molecule has 1 aromatic heterocycles. The average molecular weight is 553 g/mol. The van der Waals surface area contributed by atoms with Crippen LogP contribution in [0.4, 0.5) is 11.4 Å². The van der Waals surface area contributed by atoms with E-state index < -0.39 is 6.04 Å². The van der Waals surface area contributed by atoms with Crippen molar-refractivity contribution in [2.45, 2.75) is 45.1 Å². The van der Waals surface area contributed by atoms with Gasteiger partial charge < -0.3 is 22.1 Å². The van der Waals surface area contributed by atoms with E-state index in [1.807, 2.05) is 55.5 Å². The van der Waals surface area contributed by atoms with Crippen molar-refractivity contribution >= 4 is 23.2 Å². The Morgan fingerprint density at radius 2 is 1.78 bits per heavy atom. The molecule has 0 spiro atoms. The van der Waals surface area contributed by atoms with E-state index in [4.69, 9.17) is 11.5 Å². The van der Waals surface area contributed by atoms with Crippen LogP contribution in [0.25, 0.3) is 22.5 Å². The Labute approximate surface area is 239 Å². The lowest BCUT2D eigenvalue weighted by molar-refractivity contribution is -0.130. The molecule has 212 valence electrons. The fourth-order valence-corrected chi connectivity index (χ4v) is 5.49. The van der Waals surface area contributed by atoms with Crippen LogP contribution in [0.15, 0.2) is 66.7 Å². The maximum absolute atomic E-state index is 13.6. The molecule has 3 aromatic carbocycles. The Kier molecular flexibility index (Phi) is 8.69. The van der Waals surface area contributed by atoms with Crippen LogP contribution >= 0.6 is 0 Å². The molecular formula is C31H36N8O2. The molecule has 2 amide bonds. The van der Waals surface area contributed by atoms with Crippen molar-refractivity contribution in [3.05, 3.63) is 77.9 Å². The molecule has 0 aliphatic heterocycles. The molecule has 10 heteroatoms. The Hall–Kier alpha value is -4.57. The van der Waals surface area contributed by atoms with E-state index in [0.29, 0.717) is 36.1 Å². The molecule has 1 saturated carbocycles. The van der Waals surface area contributed by atoms with Crippen LogP contribution in [0, 0.1) is 18.8 Å². The van der Waals surface area contributed by atoms with Crippen LogP contribution in [-0.2, 0) is 16.0 Å². The van der Waals surface area contributed by atoms with Gasteiger partial charge in [0.25, 0.3) is 0 Å². The van der Waals surface area contributed by atoms with Crippen molar-refractivity contribution in [1.82, 2.24) is 25.9 Å². The molecule has 1 fully saturated rings. The van der Waals surface area contributed by atoms with E-state index >= 15 is 0 Å². The van der Waals surface area contributed by atoms with Crippen molar-refractivity contribution in [3.8, 4) is 22.5 Å². The van der Waals surface area contributed by atoms with Gasteiger partial charge in [-0.2, -0.15) is 5.21 Å². The minimum Gasteiger partial charge on any atom is -0.399 e. The van der Waals surface area contributed by atoms with Gasteiger partial charge in [-0.05, 0) is 109 Å². The smallest absolute Gasteiger partial charge is 0.247 e. The number of nitrogen functional groups attached to an aromatic ring is 1. The second-order valence-electron chi connectivity index (χ2n) is 10.8. The molecule has 7 N–H and O–H groups in total. The van der Waals surface area contributed by atoms with E-state index in [9.17, 15) is 9.59 Å². The predicted octanol–water partition coefficient (Wildman–Crippen LogP) is 3.86. The molecule has 41 heavy (non-hydrogen) atoms. The van der Waals surface area contributed by atoms with Gasteiger partial charge in [-0.1, -0.05) is 30.3 Å². The highest BCUT2D eigenvalue weighted by atomic mass is 16.2. The summed E-state index contributed by atoms with van der Waals surface area (Å²) in [5.41, 5.74) is 18.0. The van der Waals surface area contributed by atoms with Gasteiger partial charge in [0.05, 0.1) is 0 Å². The van der Waals surface area contributed by atoms with Crippen molar-refractivity contribution in [2.24, 2.45) is 17.6 Å². The monoisotopic (exact) mass is 552 g/mol. The third-order valence-corrected chi connectivity index (χ3v) is 7.87. The molecule has 1 aliphatic rings. The molecule has 4 aromatic rings. The van der Waals surface area contributed by atoms with Crippen molar-refractivity contribution in [2.75, 3.05) is 17.6 Å². The second-order valence-corrected chi connectivity index (χ2v) is 10.8. The topological polar surface area (TPSA) is 165 Å². The molecular weight excluding hydrogens is 516 g/mol. The number of nitrogens with zero attached hydrogens (tertiary/aromatic N) is 3. The van der Waals surface area contributed by atoms with E-state index in [2.05, 4.69) is 37.3 Å². The molecule has 1 aliphatic carbocycles. The van der Waals surface area contributed by atoms with Gasteiger partial charge in [0.1, 0.15) is 6.04 Å². The highest BCUT2D eigenvalue weighted by Crippen LogP contribution is 2.29. The molecule has 0 saturated heterocycles. The van der Waals surface area contributed by atoms with Gasteiger partial charge in [-0.25, -0.2) is 0 Å². The summed E-state index contributed by atoms with van der Waals surface area (Å²) in [6.07, 6.45) is 3.78. The number of carbonyl (C=O) groups is 2. The zero-order valence-electron chi connectivity index (χ0n) is 23.1. The van der Waals surface area contributed by atoms with E-state index in [0.717, 1.165) is 53.5 Å². The largest absolute Gasteiger partial charge is 0.399 e. The number of rotatable bonds is 9. The number of carbonyl (C=O) groups excluding carboxylic acids is 2. The fourth-order valence-electron chi connectivity index (χ4n) is 5.49. The Morgan fingerprint density at radius 3 is 2.46 bits per heavy atom. The normalized spacial score (nSPS) is 17.5. The zero-order chi connectivity index (χ0) is 28.8. The summed E-state index contributed by atoms with van der Waals surface area (Å²) in [6.45, 7) is 2.67. The van der Waals surface area contributed by atoms with E-state index in [-0.39, 0.29) is 17.7 Å². The molecule has 1 atom stereocenters. The van der Waals surface area contributed by atoms with Crippen LogP contribution in [0.3, 0.4) is 0 Å². The lowest BCUT2D eigenvalue weighted by atomic mass is 9.81. The summed E-state index contributed by atoms with van der Waals surface area (Å²) in [7, 11) is 0. The summed E-state index contributed by atoms with van der Waals surface area (Å²) in [4.78, 5) is 26.9. The number of benzene rings is 3. The van der Waals surface area contributed by atoms with Crippen LogP contribution in [0.1, 0.15) is 36.8 Å². The number of nitrogens with two attached hydrogens (primary N) is 2. The number of aromatic amines is 1. The number of tetrazole rings is 1. The van der Waals surface area contributed by atoms with E-state index in [1.54, 1.807) is 12.1 Å². The first kappa shape index (κ1) is 28.0. The maximum atomic E-state index is 13.6. The number of anilines is 2. The number of H-pyrrole nitrogens is 1. The Bertz CT molecular complexity index is 1480. The second kappa shape index (κ2) is 12.7. The molecule has 1 heterocycles. The number of nitrogens with one attached hydrogen (secondary N) is 3. The van der Waals surface area contributed by atoms with Crippen molar-refractivity contribution in [1.29, 1.82) is 0 Å². The van der Waals surface area contributed by atoms with Crippen molar-refractivity contribution in [3.63, 3.8) is 0 Å². The minimum atomic E-state index is -0.755. The zero-order valence-corrected chi connectivity index (χ0v) is 23.1. The third kappa shape index (κ3) is 6.96. The highest BCUT2D eigenvalue weighted by molar-refractivity contribution is 5.97. The average Bonchev–Trinajstić information content (AvgIpc) is 3.52. The summed E-state index contributed by atoms with van der Waals surface area (Å²) in [6, 6.07) is 20.3. The molecule has 0 bridgehead atoms. The summed E-state index contributed by atoms with van der Waals surface area (Å²) in [5.74, 6) is 0.446. The van der Waals surface area contributed by atoms with Crippen LogP contribution in [0.2, 0.25) is 0 Å². The predicted molar refractivity (Wildman–Crippen MR) is 159 cm³/mol. The quantitative estimate of drug-likeness (QED) is 0.197. The summed E-state index contributed by atoms with van der Waals surface area (Å²) >= 11 is 0. The first-order chi connectivity index (χ1) is 19.9. The van der Waals surface area contributed by atoms with Gasteiger partial charge in [0.2, 0.25) is 17.6 Å². The molecule has 10 nitrogen and oxygen atoms in total. The lowest BCUT2D eigenvalue weighted by Gasteiger charge is -2.28. The van der Waals surface area contributed by atoms with Crippen LogP contribution < -0.4 is 22.1 Å². The molecule has 0 radical (unpaired) electrons. The number of hydrogen-bond acceptors (Lipinski definition) is 7. The highest BCUT2D eigenvalue weighted by Gasteiger charge is 2.29. The summed E-state index contributed by atoms with van der Waals surface area (Å²) in [5, 5.41) is 20.0. The Balaban J connectivity index is 1.34. The SMILES string of the molecule is Cc1cc(N)ccc1-c1cccc(CC(NC(=O)C2CCC(CN)CC2)C(=O)Nc2ccc(-c3nn[nH]n3)cc2)c1. The van der Waals surface area contributed by atoms with E-state index in [1.165, 1.54) is 0 Å². The lowest BCUT2D eigenvalue weighted by Crippen LogP contribution is -2.48. The minimum absolute atomic E-state index is 0.0846. The van der Waals surface area contributed by atoms with Crippen molar-refractivity contribution < 1.29 is 9.59 Å². The van der Waals surface area contributed by atoms with Gasteiger partial charge in [-0.15, -0.1) is 10.2 Å². The first-order valence-corrected chi connectivity index (χ1v) is 14.0. The van der Waals surface area contributed by atoms with Gasteiger partial charge >= 0.3 is 0 Å². The first-order valence-electron chi connectivity index (χ1n) is 14.0. The van der Waals surface area contributed by atoms with Crippen LogP contribution in [-0.4, -0.2) is 45.0 Å². The molecule has 5 rings (SSSR count). The van der Waals surface area contributed by atoms with Gasteiger partial charge in [0, 0.05) is 29.3 Å². The van der Waals surface area contributed by atoms with Gasteiger partial charge in [0.15, 0.2) is 0 Å². The third-order valence-electron chi connectivity index (χ3n) is 7.87. The molecule has 1 unspecified atom stereocenters. The maximum Gasteiger partial charge on any atom is 0.247 e. The number of amides is 2. The standard InChI is InChI=1S/C31H36N8O2/c1-19-15-25(33)11-14-27(19)24-4-2-3-21(16-24)17-28(35-30(40)23-7-5-20(18-32)6-8-23)31(41)34-26-12-9-22(10-13-26)29-36-38-39-37-29/h2-4,9-16,20,23,28H,5-8,17-18,32-33H2,1H3,(H,34,41)(H,35,40)(H,36,37,38,39). The van der Waals surface area contributed by atoms with Gasteiger partial charge in [-0.3, -0.25) is 9.59 Å². The fraction of sp³-hybridized carbons (Fsp3) is 0.323. The number of hydrogen-bond donors (Lipinski definition) is 5. The number of aromatic nitrogens is 4. The Morgan fingerprint density at radius 1 is 1.00 bits per heavy atom.